The van der Waals surface area contributed by atoms with E-state index in [0.29, 0.717) is 28.3 Å². The van der Waals surface area contributed by atoms with Gasteiger partial charge in [-0.2, -0.15) is 0 Å². The summed E-state index contributed by atoms with van der Waals surface area (Å²) >= 11 is 13.3. The first kappa shape index (κ1) is 16.9. The van der Waals surface area contributed by atoms with Crippen molar-refractivity contribution in [2.45, 2.75) is 25.2 Å². The molecule has 0 saturated carbocycles. The van der Waals surface area contributed by atoms with Crippen molar-refractivity contribution in [3.63, 3.8) is 0 Å². The van der Waals surface area contributed by atoms with E-state index < -0.39 is 0 Å². The van der Waals surface area contributed by atoms with Crippen LogP contribution >= 0.6 is 35.0 Å². The predicted molar refractivity (Wildman–Crippen MR) is 89.4 cm³/mol. The summed E-state index contributed by atoms with van der Waals surface area (Å²) in [5.74, 6) is 0.526. The second kappa shape index (κ2) is 7.71. The lowest BCUT2D eigenvalue weighted by atomic mass is 10.3. The van der Waals surface area contributed by atoms with Crippen LogP contribution in [0.3, 0.4) is 0 Å². The third kappa shape index (κ3) is 4.28. The van der Waals surface area contributed by atoms with Crippen molar-refractivity contribution in [2.75, 3.05) is 11.1 Å². The molecule has 0 aliphatic heterocycles. The molecule has 118 valence electrons. The average molecular weight is 360 g/mol. The molecular formula is C13H15Cl2N5OS. The van der Waals surface area contributed by atoms with E-state index in [1.165, 1.54) is 11.8 Å². The van der Waals surface area contributed by atoms with E-state index in [2.05, 4.69) is 15.5 Å². The molecule has 9 heteroatoms. The fraction of sp³-hybridized carbons (Fsp3) is 0.308. The lowest BCUT2D eigenvalue weighted by Crippen LogP contribution is -2.14. The number of carbonyl (C=O) groups excluding carboxylic acids is 1. The first-order valence-corrected chi connectivity index (χ1v) is 8.27. The number of nitrogens with zero attached hydrogens (tertiary/aromatic N) is 3. The van der Waals surface area contributed by atoms with Crippen molar-refractivity contribution in [3.8, 4) is 0 Å². The van der Waals surface area contributed by atoms with E-state index in [9.17, 15) is 4.79 Å². The molecule has 1 aromatic carbocycles. The number of primary amides is 1. The van der Waals surface area contributed by atoms with Gasteiger partial charge in [-0.05, 0) is 25.1 Å². The van der Waals surface area contributed by atoms with Crippen molar-refractivity contribution >= 4 is 46.6 Å². The van der Waals surface area contributed by atoms with Crippen LogP contribution in [0.15, 0.2) is 23.4 Å². The van der Waals surface area contributed by atoms with E-state index in [4.69, 9.17) is 28.9 Å². The van der Waals surface area contributed by atoms with Crippen LogP contribution in [-0.4, -0.2) is 26.4 Å². The SMILES string of the molecule is CCn1c(CNc2cc(Cl)ccc2Cl)nnc1SCC(N)=O. The van der Waals surface area contributed by atoms with E-state index in [0.717, 1.165) is 11.5 Å². The van der Waals surface area contributed by atoms with Crippen molar-refractivity contribution in [1.29, 1.82) is 0 Å². The number of benzene rings is 1. The number of nitrogens with one attached hydrogen (secondary N) is 1. The summed E-state index contributed by atoms with van der Waals surface area (Å²) in [6.45, 7) is 3.11. The van der Waals surface area contributed by atoms with Gasteiger partial charge in [0.15, 0.2) is 11.0 Å². The summed E-state index contributed by atoms with van der Waals surface area (Å²) in [5, 5.41) is 13.2. The zero-order chi connectivity index (χ0) is 16.1. The Bertz CT molecular complexity index is 676. The zero-order valence-electron chi connectivity index (χ0n) is 11.8. The topological polar surface area (TPSA) is 85.8 Å². The monoisotopic (exact) mass is 359 g/mol. The van der Waals surface area contributed by atoms with Crippen molar-refractivity contribution < 1.29 is 4.79 Å². The van der Waals surface area contributed by atoms with Crippen LogP contribution in [0, 0.1) is 0 Å². The molecule has 0 bridgehead atoms. The Kier molecular flexibility index (Phi) is 5.93. The highest BCUT2D eigenvalue weighted by molar-refractivity contribution is 7.99. The summed E-state index contributed by atoms with van der Waals surface area (Å²) in [6.07, 6.45) is 0. The third-order valence-corrected chi connectivity index (χ3v) is 4.37. The minimum Gasteiger partial charge on any atom is -0.376 e. The molecule has 2 rings (SSSR count). The number of amides is 1. The van der Waals surface area contributed by atoms with Crippen molar-refractivity contribution in [2.24, 2.45) is 5.73 Å². The first-order valence-electron chi connectivity index (χ1n) is 6.53. The molecule has 6 nitrogen and oxygen atoms in total. The Labute approximate surface area is 142 Å². The Morgan fingerprint density at radius 2 is 2.18 bits per heavy atom. The van der Waals surface area contributed by atoms with E-state index in [1.54, 1.807) is 18.2 Å². The number of aromatic nitrogens is 3. The highest BCUT2D eigenvalue weighted by atomic mass is 35.5. The largest absolute Gasteiger partial charge is 0.376 e. The molecule has 0 aliphatic carbocycles. The highest BCUT2D eigenvalue weighted by Crippen LogP contribution is 2.26. The smallest absolute Gasteiger partial charge is 0.227 e. The number of anilines is 1. The molecule has 0 saturated heterocycles. The molecule has 1 heterocycles. The molecule has 0 fully saturated rings. The fourth-order valence-electron chi connectivity index (χ4n) is 1.82. The Hall–Kier alpha value is -1.44. The molecule has 0 spiro atoms. The van der Waals surface area contributed by atoms with Crippen LogP contribution in [-0.2, 0) is 17.9 Å². The van der Waals surface area contributed by atoms with Crippen molar-refractivity contribution in [3.05, 3.63) is 34.1 Å². The molecular weight excluding hydrogens is 345 g/mol. The van der Waals surface area contributed by atoms with Crippen LogP contribution in [0.1, 0.15) is 12.7 Å². The normalized spacial score (nSPS) is 10.7. The molecule has 3 N–H and O–H groups in total. The third-order valence-electron chi connectivity index (χ3n) is 2.82. The highest BCUT2D eigenvalue weighted by Gasteiger charge is 2.12. The number of hydrogen-bond acceptors (Lipinski definition) is 5. The van der Waals surface area contributed by atoms with Gasteiger partial charge in [-0.15, -0.1) is 10.2 Å². The maximum Gasteiger partial charge on any atom is 0.227 e. The van der Waals surface area contributed by atoms with Gasteiger partial charge in [-0.1, -0.05) is 35.0 Å². The van der Waals surface area contributed by atoms with Gasteiger partial charge < -0.3 is 15.6 Å². The second-order valence-corrected chi connectivity index (χ2v) is 6.16. The fourth-order valence-corrected chi connectivity index (χ4v) is 2.93. The average Bonchev–Trinajstić information content (AvgIpc) is 2.88. The molecule has 0 unspecified atom stereocenters. The molecule has 0 radical (unpaired) electrons. The molecule has 0 atom stereocenters. The Morgan fingerprint density at radius 1 is 1.41 bits per heavy atom. The van der Waals surface area contributed by atoms with Crippen molar-refractivity contribution in [1.82, 2.24) is 14.8 Å². The maximum absolute atomic E-state index is 10.9. The molecule has 1 amide bonds. The number of hydrogen-bond donors (Lipinski definition) is 2. The number of carbonyl (C=O) groups is 1. The standard InChI is InChI=1S/C13H15Cl2N5OS/c1-2-20-12(18-19-13(20)22-7-11(16)21)6-17-10-5-8(14)3-4-9(10)15/h3-5,17H,2,6-7H2,1H3,(H2,16,21). The summed E-state index contributed by atoms with van der Waals surface area (Å²) in [5.41, 5.74) is 5.88. The first-order chi connectivity index (χ1) is 10.5. The summed E-state index contributed by atoms with van der Waals surface area (Å²) < 4.78 is 1.92. The predicted octanol–water partition coefficient (Wildman–Crippen LogP) is 2.79. The summed E-state index contributed by atoms with van der Waals surface area (Å²) in [7, 11) is 0. The van der Waals surface area contributed by atoms with Gasteiger partial charge in [0.25, 0.3) is 0 Å². The maximum atomic E-state index is 10.9. The van der Waals surface area contributed by atoms with E-state index in [-0.39, 0.29) is 11.7 Å². The number of thioether (sulfide) groups is 1. The lowest BCUT2D eigenvalue weighted by molar-refractivity contribution is -0.115. The van der Waals surface area contributed by atoms with E-state index in [1.807, 2.05) is 11.5 Å². The number of halogens is 2. The van der Waals surface area contributed by atoms with Crippen LogP contribution in [0.2, 0.25) is 10.0 Å². The molecule has 0 aliphatic rings. The minimum atomic E-state index is -0.388. The minimum absolute atomic E-state index is 0.172. The second-order valence-electron chi connectivity index (χ2n) is 4.38. The summed E-state index contributed by atoms with van der Waals surface area (Å²) in [6, 6.07) is 5.20. The quantitative estimate of drug-likeness (QED) is 0.742. The van der Waals surface area contributed by atoms with Gasteiger partial charge in [-0.25, -0.2) is 0 Å². The van der Waals surface area contributed by atoms with Gasteiger partial charge in [0.05, 0.1) is 23.0 Å². The lowest BCUT2D eigenvalue weighted by Gasteiger charge is -2.10. The molecule has 2 aromatic rings. The Morgan fingerprint density at radius 3 is 2.86 bits per heavy atom. The molecule has 22 heavy (non-hydrogen) atoms. The van der Waals surface area contributed by atoms with Gasteiger partial charge in [-0.3, -0.25) is 4.79 Å². The van der Waals surface area contributed by atoms with Crippen LogP contribution in [0.5, 0.6) is 0 Å². The zero-order valence-corrected chi connectivity index (χ0v) is 14.2. The van der Waals surface area contributed by atoms with E-state index >= 15 is 0 Å². The summed E-state index contributed by atoms with van der Waals surface area (Å²) in [4.78, 5) is 10.9. The van der Waals surface area contributed by atoms with Crippen LogP contribution in [0.4, 0.5) is 5.69 Å². The Balaban J connectivity index is 2.09. The van der Waals surface area contributed by atoms with Gasteiger partial charge in [0.1, 0.15) is 0 Å². The van der Waals surface area contributed by atoms with Gasteiger partial charge in [0.2, 0.25) is 5.91 Å². The number of nitrogens with two attached hydrogens (primary N) is 1. The van der Waals surface area contributed by atoms with Crippen LogP contribution in [0.25, 0.3) is 0 Å². The van der Waals surface area contributed by atoms with Crippen LogP contribution < -0.4 is 11.1 Å². The molecule has 1 aromatic heterocycles. The van der Waals surface area contributed by atoms with Gasteiger partial charge >= 0.3 is 0 Å². The van der Waals surface area contributed by atoms with Gasteiger partial charge in [0, 0.05) is 11.6 Å². The number of rotatable bonds is 7.